The molecule has 3 aromatic rings. The van der Waals surface area contributed by atoms with Crippen LogP contribution in [0.25, 0.3) is 0 Å². The van der Waals surface area contributed by atoms with Crippen molar-refractivity contribution in [1.82, 2.24) is 15.0 Å². The number of phenols is 1. The summed E-state index contributed by atoms with van der Waals surface area (Å²) in [6, 6.07) is 11.3. The number of halogens is 1. The largest absolute Gasteiger partial charge is 0.507 e. The van der Waals surface area contributed by atoms with Crippen molar-refractivity contribution >= 4 is 46.7 Å². The molecule has 0 unspecified atom stereocenters. The molecule has 1 amide bonds. The van der Waals surface area contributed by atoms with Crippen LogP contribution in [0.4, 0.5) is 29.2 Å². The third-order valence-electron chi connectivity index (χ3n) is 6.73. The Morgan fingerprint density at radius 1 is 0.923 bits per heavy atom. The van der Waals surface area contributed by atoms with Gasteiger partial charge in [-0.2, -0.15) is 15.0 Å². The third kappa shape index (κ3) is 6.66. The number of benzene rings is 2. The predicted molar refractivity (Wildman–Crippen MR) is 153 cm³/mol. The van der Waals surface area contributed by atoms with E-state index in [1.165, 1.54) is 12.1 Å². The van der Waals surface area contributed by atoms with Crippen molar-refractivity contribution in [3.8, 4) is 5.75 Å². The number of aromatic nitrogens is 3. The van der Waals surface area contributed by atoms with Crippen molar-refractivity contribution < 1.29 is 9.90 Å². The van der Waals surface area contributed by atoms with E-state index in [4.69, 9.17) is 38.8 Å². The Bertz CT molecular complexity index is 1330. The summed E-state index contributed by atoms with van der Waals surface area (Å²) in [5, 5.41) is 16.5. The summed E-state index contributed by atoms with van der Waals surface area (Å²) in [6.07, 6.45) is 2.66. The Hall–Kier alpha value is -3.71. The van der Waals surface area contributed by atoms with Crippen LogP contribution in [-0.4, -0.2) is 70.3 Å². The van der Waals surface area contributed by atoms with Gasteiger partial charge in [0.1, 0.15) is 5.75 Å². The molecule has 0 saturated carbocycles. The van der Waals surface area contributed by atoms with Crippen molar-refractivity contribution in [2.45, 2.75) is 37.4 Å². The van der Waals surface area contributed by atoms with Gasteiger partial charge in [0.2, 0.25) is 17.8 Å². The Morgan fingerprint density at radius 3 is 2.33 bits per heavy atom. The molecule has 2 aliphatic heterocycles. The van der Waals surface area contributed by atoms with Crippen molar-refractivity contribution in [1.29, 1.82) is 0 Å². The van der Waals surface area contributed by atoms with E-state index < -0.39 is 5.91 Å². The highest BCUT2D eigenvalue weighted by Gasteiger charge is 2.27. The van der Waals surface area contributed by atoms with Gasteiger partial charge in [-0.15, -0.1) is 0 Å². The lowest BCUT2D eigenvalue weighted by atomic mass is 10.0. The summed E-state index contributed by atoms with van der Waals surface area (Å²) in [5.74, 6) is 0.711. The van der Waals surface area contributed by atoms with Crippen LogP contribution >= 0.6 is 11.6 Å². The van der Waals surface area contributed by atoms with Gasteiger partial charge >= 0.3 is 0 Å². The summed E-state index contributed by atoms with van der Waals surface area (Å²) in [7, 11) is 0. The highest BCUT2D eigenvalue weighted by molar-refractivity contribution is 6.31. The van der Waals surface area contributed by atoms with E-state index in [2.05, 4.69) is 20.5 Å². The third-order valence-corrected chi connectivity index (χ3v) is 6.97. The van der Waals surface area contributed by atoms with Gasteiger partial charge < -0.3 is 42.7 Å². The Labute approximate surface area is 231 Å². The van der Waals surface area contributed by atoms with Crippen LogP contribution in [-0.2, 0) is 0 Å². The van der Waals surface area contributed by atoms with Crippen molar-refractivity contribution in [2.24, 2.45) is 17.2 Å². The molecule has 0 radical (unpaired) electrons. The number of carbonyl (C=O) groups excluding carboxylic acids is 1. The molecule has 2 fully saturated rings. The fourth-order valence-corrected chi connectivity index (χ4v) is 5.09. The van der Waals surface area contributed by atoms with Gasteiger partial charge in [0.15, 0.2) is 0 Å². The lowest BCUT2D eigenvalue weighted by molar-refractivity contribution is 0.102. The van der Waals surface area contributed by atoms with E-state index in [-0.39, 0.29) is 29.4 Å². The molecule has 0 aliphatic carbocycles. The van der Waals surface area contributed by atoms with Gasteiger partial charge in [0.05, 0.1) is 5.56 Å². The van der Waals surface area contributed by atoms with Crippen molar-refractivity contribution in [2.75, 3.05) is 46.6 Å². The maximum absolute atomic E-state index is 12.7. The zero-order chi connectivity index (χ0) is 27.5. The van der Waals surface area contributed by atoms with Gasteiger partial charge in [0.25, 0.3) is 5.91 Å². The molecule has 0 bridgehead atoms. The number of amides is 1. The van der Waals surface area contributed by atoms with Crippen LogP contribution in [0.2, 0.25) is 5.02 Å². The van der Waals surface area contributed by atoms with Crippen LogP contribution in [0.15, 0.2) is 42.5 Å². The number of nitrogens with two attached hydrogens (primary N) is 3. The van der Waals surface area contributed by atoms with Gasteiger partial charge in [-0.05, 0) is 55.7 Å². The summed E-state index contributed by atoms with van der Waals surface area (Å²) in [5.41, 5.74) is 20.0. The van der Waals surface area contributed by atoms with Crippen LogP contribution < -0.4 is 37.6 Å². The lowest BCUT2D eigenvalue weighted by Crippen LogP contribution is -2.53. The first-order chi connectivity index (χ1) is 18.7. The van der Waals surface area contributed by atoms with Crippen molar-refractivity contribution in [3.05, 3.63) is 53.1 Å². The standard InChI is InChI=1S/C26H33ClN10O2/c27-15-6-7-21(22(38)9-15)23(39)31-19-4-1-5-20(11-19)32-24-33-25(36-8-2-3-16(28)12-36)35-26(34-24)37-13-17(29)10-18(30)14-37/h1,4-7,9,11,16-18,38H,2-3,8,10,12-14,28-30H2,(H,31,39)(H,32,33,34,35)/t16-,17-,18+/m1/s1. The number of piperidine rings is 2. The smallest absolute Gasteiger partial charge is 0.259 e. The van der Waals surface area contributed by atoms with E-state index >= 15 is 0 Å². The number of rotatable bonds is 6. The number of carbonyl (C=O) groups is 1. The van der Waals surface area contributed by atoms with E-state index in [0.717, 1.165) is 25.8 Å². The average molecular weight is 553 g/mol. The molecule has 9 N–H and O–H groups in total. The zero-order valence-electron chi connectivity index (χ0n) is 21.4. The molecule has 1 aromatic heterocycles. The molecule has 13 heteroatoms. The minimum Gasteiger partial charge on any atom is -0.507 e. The number of nitrogens with zero attached hydrogens (tertiary/aromatic N) is 5. The molecule has 39 heavy (non-hydrogen) atoms. The molecular formula is C26H33ClN10O2. The number of anilines is 5. The molecule has 2 aliphatic rings. The highest BCUT2D eigenvalue weighted by atomic mass is 35.5. The van der Waals surface area contributed by atoms with E-state index in [1.54, 1.807) is 24.3 Å². The lowest BCUT2D eigenvalue weighted by Gasteiger charge is -2.35. The Morgan fingerprint density at radius 2 is 1.62 bits per heavy atom. The molecular weight excluding hydrogens is 520 g/mol. The average Bonchev–Trinajstić information content (AvgIpc) is 2.88. The zero-order valence-corrected chi connectivity index (χ0v) is 22.2. The summed E-state index contributed by atoms with van der Waals surface area (Å²) < 4.78 is 0. The first-order valence-corrected chi connectivity index (χ1v) is 13.3. The summed E-state index contributed by atoms with van der Waals surface area (Å²) in [4.78, 5) is 30.9. The van der Waals surface area contributed by atoms with E-state index in [9.17, 15) is 9.90 Å². The minimum atomic E-state index is -0.467. The van der Waals surface area contributed by atoms with Gasteiger partial charge in [-0.3, -0.25) is 4.79 Å². The normalized spacial score (nSPS) is 21.5. The van der Waals surface area contributed by atoms with Crippen LogP contribution in [0.3, 0.4) is 0 Å². The molecule has 2 aromatic carbocycles. The van der Waals surface area contributed by atoms with Gasteiger partial charge in [-0.25, -0.2) is 0 Å². The van der Waals surface area contributed by atoms with Crippen molar-refractivity contribution in [3.63, 3.8) is 0 Å². The SMILES string of the molecule is N[C@@H]1CCCN(c2nc(Nc3cccc(NC(=O)c4ccc(Cl)cc4O)c3)nc(N3C[C@H](N)C[C@H](N)C3)n2)C1. The van der Waals surface area contributed by atoms with E-state index in [0.29, 0.717) is 53.9 Å². The fraction of sp³-hybridized carbons (Fsp3) is 0.385. The first-order valence-electron chi connectivity index (χ1n) is 12.9. The van der Waals surface area contributed by atoms with Crippen LogP contribution in [0.1, 0.15) is 29.6 Å². The molecule has 3 heterocycles. The number of aromatic hydroxyl groups is 1. The van der Waals surface area contributed by atoms with Gasteiger partial charge in [-0.1, -0.05) is 17.7 Å². The number of nitrogens with one attached hydrogen (secondary N) is 2. The monoisotopic (exact) mass is 552 g/mol. The molecule has 12 nitrogen and oxygen atoms in total. The Kier molecular flexibility index (Phi) is 7.98. The molecule has 206 valence electrons. The number of hydrogen-bond acceptors (Lipinski definition) is 11. The predicted octanol–water partition coefficient (Wildman–Crippen LogP) is 2.02. The second-order valence-electron chi connectivity index (χ2n) is 10.1. The van der Waals surface area contributed by atoms with Crippen LogP contribution in [0, 0.1) is 0 Å². The fourth-order valence-electron chi connectivity index (χ4n) is 4.93. The second-order valence-corrected chi connectivity index (χ2v) is 10.5. The summed E-state index contributed by atoms with van der Waals surface area (Å²) >= 11 is 5.88. The second kappa shape index (κ2) is 11.6. The quantitative estimate of drug-likeness (QED) is 0.263. The highest BCUT2D eigenvalue weighted by Crippen LogP contribution is 2.26. The van der Waals surface area contributed by atoms with Crippen LogP contribution in [0.5, 0.6) is 5.75 Å². The molecule has 5 rings (SSSR count). The Balaban J connectivity index is 1.40. The minimum absolute atomic E-state index is 0.0487. The maximum atomic E-state index is 12.7. The molecule has 3 atom stereocenters. The van der Waals surface area contributed by atoms with Gasteiger partial charge in [0, 0.05) is 60.7 Å². The van der Waals surface area contributed by atoms with E-state index in [1.807, 2.05) is 11.0 Å². The maximum Gasteiger partial charge on any atom is 0.259 e. The summed E-state index contributed by atoms with van der Waals surface area (Å²) in [6.45, 7) is 2.64. The molecule has 2 saturated heterocycles. The molecule has 0 spiro atoms. The topological polar surface area (TPSA) is 185 Å². The number of hydrogen-bond donors (Lipinski definition) is 6. The first kappa shape index (κ1) is 26.9. The number of phenolic OH excluding ortho intramolecular Hbond substituents is 1.